The van der Waals surface area contributed by atoms with E-state index in [1.807, 2.05) is 18.3 Å². The van der Waals surface area contributed by atoms with Crippen molar-refractivity contribution in [2.75, 3.05) is 19.7 Å². The summed E-state index contributed by atoms with van der Waals surface area (Å²) in [5, 5.41) is 9.96. The Morgan fingerprint density at radius 1 is 1.08 bits per heavy atom. The first kappa shape index (κ1) is 18.9. The lowest BCUT2D eigenvalue weighted by atomic mass is 9.73. The zero-order valence-electron chi connectivity index (χ0n) is 14.5. The van der Waals surface area contributed by atoms with E-state index in [9.17, 15) is 18.3 Å². The topological polar surface area (TPSA) is 36.4 Å². The van der Waals surface area contributed by atoms with Crippen molar-refractivity contribution in [1.82, 2.24) is 9.88 Å². The molecule has 140 valence electrons. The van der Waals surface area contributed by atoms with Crippen molar-refractivity contribution in [3.63, 3.8) is 0 Å². The number of piperidine rings is 1. The van der Waals surface area contributed by atoms with Crippen LogP contribution in [0.25, 0.3) is 0 Å². The highest BCUT2D eigenvalue weighted by atomic mass is 19.4. The molecule has 26 heavy (non-hydrogen) atoms. The standard InChI is InChI=1S/C20H23F3N2O/c21-20(22,23)18-6-2-1-5-17(18)12-19(15-26)7-10-25(11-8-19)14-16-4-3-9-24-13-16/h1-6,9,13,26H,7-8,10-12,14-15H2. The van der Waals surface area contributed by atoms with Crippen LogP contribution in [-0.4, -0.2) is 34.7 Å². The Balaban J connectivity index is 1.68. The minimum atomic E-state index is -4.37. The Hall–Kier alpha value is -1.92. The van der Waals surface area contributed by atoms with Crippen molar-refractivity contribution in [2.45, 2.75) is 32.0 Å². The second-order valence-corrected chi connectivity index (χ2v) is 7.13. The van der Waals surface area contributed by atoms with E-state index in [-0.39, 0.29) is 18.6 Å². The van der Waals surface area contributed by atoms with Crippen molar-refractivity contribution < 1.29 is 18.3 Å². The van der Waals surface area contributed by atoms with Crippen LogP contribution in [0.1, 0.15) is 29.5 Å². The van der Waals surface area contributed by atoms with E-state index in [2.05, 4.69) is 9.88 Å². The maximum atomic E-state index is 13.3. The van der Waals surface area contributed by atoms with Gasteiger partial charge in [0, 0.05) is 25.5 Å². The Bertz CT molecular complexity index is 710. The van der Waals surface area contributed by atoms with Gasteiger partial charge in [0.2, 0.25) is 0 Å². The van der Waals surface area contributed by atoms with E-state index in [1.54, 1.807) is 12.3 Å². The van der Waals surface area contributed by atoms with Crippen LogP contribution in [0.5, 0.6) is 0 Å². The highest BCUT2D eigenvalue weighted by Gasteiger charge is 2.38. The molecule has 6 heteroatoms. The Morgan fingerprint density at radius 2 is 1.81 bits per heavy atom. The van der Waals surface area contributed by atoms with E-state index in [4.69, 9.17) is 0 Å². The Labute approximate surface area is 151 Å². The molecule has 1 aliphatic heterocycles. The fourth-order valence-electron chi connectivity index (χ4n) is 3.68. The fraction of sp³-hybridized carbons (Fsp3) is 0.450. The van der Waals surface area contributed by atoms with E-state index < -0.39 is 17.2 Å². The van der Waals surface area contributed by atoms with E-state index in [1.165, 1.54) is 12.1 Å². The number of hydrogen-bond donors (Lipinski definition) is 1. The van der Waals surface area contributed by atoms with Gasteiger partial charge >= 0.3 is 6.18 Å². The molecule has 0 spiro atoms. The van der Waals surface area contributed by atoms with Gasteiger partial charge in [0.15, 0.2) is 0 Å². The molecule has 2 heterocycles. The SMILES string of the molecule is OCC1(Cc2ccccc2C(F)(F)F)CCN(Cc2cccnc2)CC1. The number of benzene rings is 1. The lowest BCUT2D eigenvalue weighted by Gasteiger charge is -2.41. The molecule has 0 unspecified atom stereocenters. The monoisotopic (exact) mass is 364 g/mol. The molecule has 0 atom stereocenters. The average Bonchev–Trinajstić information content (AvgIpc) is 2.64. The number of halogens is 3. The van der Waals surface area contributed by atoms with Crippen LogP contribution in [0.4, 0.5) is 13.2 Å². The smallest absolute Gasteiger partial charge is 0.396 e. The second kappa shape index (κ2) is 7.76. The number of aliphatic hydroxyl groups is 1. The van der Waals surface area contributed by atoms with Gasteiger partial charge in [-0.1, -0.05) is 24.3 Å². The normalized spacial score (nSPS) is 18.0. The molecule has 3 nitrogen and oxygen atoms in total. The fourth-order valence-corrected chi connectivity index (χ4v) is 3.68. The van der Waals surface area contributed by atoms with Crippen molar-refractivity contribution in [1.29, 1.82) is 0 Å². The molecular formula is C20H23F3N2O. The molecule has 1 saturated heterocycles. The maximum Gasteiger partial charge on any atom is 0.416 e. The molecule has 0 bridgehead atoms. The van der Waals surface area contributed by atoms with Gasteiger partial charge in [-0.05, 0) is 61.0 Å². The second-order valence-electron chi connectivity index (χ2n) is 7.13. The van der Waals surface area contributed by atoms with Gasteiger partial charge in [0.25, 0.3) is 0 Å². The first-order chi connectivity index (χ1) is 12.4. The predicted molar refractivity (Wildman–Crippen MR) is 93.4 cm³/mol. The molecular weight excluding hydrogens is 341 g/mol. The number of rotatable bonds is 5. The molecule has 1 aromatic carbocycles. The van der Waals surface area contributed by atoms with Crippen LogP contribution in [0, 0.1) is 5.41 Å². The third-order valence-electron chi connectivity index (χ3n) is 5.27. The highest BCUT2D eigenvalue weighted by Crippen LogP contribution is 2.39. The summed E-state index contributed by atoms with van der Waals surface area (Å²) in [5.74, 6) is 0. The van der Waals surface area contributed by atoms with Crippen molar-refractivity contribution >= 4 is 0 Å². The van der Waals surface area contributed by atoms with Gasteiger partial charge in [-0.2, -0.15) is 13.2 Å². The molecule has 1 aliphatic rings. The van der Waals surface area contributed by atoms with Crippen LogP contribution in [0.3, 0.4) is 0 Å². The third-order valence-corrected chi connectivity index (χ3v) is 5.27. The van der Waals surface area contributed by atoms with Crippen molar-refractivity contribution in [3.8, 4) is 0 Å². The number of hydrogen-bond acceptors (Lipinski definition) is 3. The number of aliphatic hydroxyl groups excluding tert-OH is 1. The summed E-state index contributed by atoms with van der Waals surface area (Å²) in [4.78, 5) is 6.37. The van der Waals surface area contributed by atoms with Gasteiger partial charge in [0.1, 0.15) is 0 Å². The van der Waals surface area contributed by atoms with Gasteiger partial charge in [-0.25, -0.2) is 0 Å². The van der Waals surface area contributed by atoms with Gasteiger partial charge in [-0.15, -0.1) is 0 Å². The number of nitrogens with zero attached hydrogens (tertiary/aromatic N) is 2. The maximum absolute atomic E-state index is 13.3. The van der Waals surface area contributed by atoms with E-state index in [0.29, 0.717) is 12.8 Å². The van der Waals surface area contributed by atoms with Crippen LogP contribution < -0.4 is 0 Å². The summed E-state index contributed by atoms with van der Waals surface area (Å²) < 4.78 is 39.8. The Kier molecular flexibility index (Phi) is 5.63. The number of aromatic nitrogens is 1. The number of alkyl halides is 3. The third kappa shape index (κ3) is 4.43. The summed E-state index contributed by atoms with van der Waals surface area (Å²) in [6, 6.07) is 9.60. The molecule has 3 rings (SSSR count). The average molecular weight is 364 g/mol. The van der Waals surface area contributed by atoms with Crippen molar-refractivity contribution in [3.05, 3.63) is 65.5 Å². The quantitative estimate of drug-likeness (QED) is 0.874. The molecule has 1 aromatic heterocycles. The van der Waals surface area contributed by atoms with Crippen LogP contribution in [0.2, 0.25) is 0 Å². The van der Waals surface area contributed by atoms with Crippen LogP contribution in [0.15, 0.2) is 48.8 Å². The zero-order chi connectivity index (χ0) is 18.6. The predicted octanol–water partition coefficient (Wildman–Crippen LogP) is 3.92. The summed E-state index contributed by atoms with van der Waals surface area (Å²) in [7, 11) is 0. The lowest BCUT2D eigenvalue weighted by molar-refractivity contribution is -0.138. The minimum Gasteiger partial charge on any atom is -0.396 e. The largest absolute Gasteiger partial charge is 0.416 e. The van der Waals surface area contributed by atoms with E-state index in [0.717, 1.165) is 31.3 Å². The van der Waals surface area contributed by atoms with E-state index >= 15 is 0 Å². The summed E-state index contributed by atoms with van der Waals surface area (Å²) in [6.07, 6.45) is 0.794. The molecule has 0 saturated carbocycles. The Morgan fingerprint density at radius 3 is 2.42 bits per heavy atom. The van der Waals surface area contributed by atoms with Gasteiger partial charge in [0.05, 0.1) is 5.56 Å². The first-order valence-electron chi connectivity index (χ1n) is 8.79. The van der Waals surface area contributed by atoms with Crippen LogP contribution in [-0.2, 0) is 19.1 Å². The molecule has 1 fully saturated rings. The van der Waals surface area contributed by atoms with Crippen molar-refractivity contribution in [2.24, 2.45) is 5.41 Å². The molecule has 0 amide bonds. The summed E-state index contributed by atoms with van der Waals surface area (Å²) >= 11 is 0. The molecule has 0 radical (unpaired) electrons. The lowest BCUT2D eigenvalue weighted by Crippen LogP contribution is -2.43. The molecule has 0 aliphatic carbocycles. The highest BCUT2D eigenvalue weighted by molar-refractivity contribution is 5.31. The summed E-state index contributed by atoms with van der Waals surface area (Å²) in [5.41, 5.74) is 0.305. The van der Waals surface area contributed by atoms with Gasteiger partial charge in [-0.3, -0.25) is 9.88 Å². The minimum absolute atomic E-state index is 0.0973. The number of pyridine rings is 1. The summed E-state index contributed by atoms with van der Waals surface area (Å²) in [6.45, 7) is 2.18. The first-order valence-corrected chi connectivity index (χ1v) is 8.79. The van der Waals surface area contributed by atoms with Crippen LogP contribution >= 0.6 is 0 Å². The zero-order valence-corrected chi connectivity index (χ0v) is 14.5. The molecule has 2 aromatic rings. The molecule has 1 N–H and O–H groups in total. The van der Waals surface area contributed by atoms with Gasteiger partial charge < -0.3 is 5.11 Å². The number of likely N-dealkylation sites (tertiary alicyclic amines) is 1.